The van der Waals surface area contributed by atoms with Gasteiger partial charge in [-0.05, 0) is 35.7 Å². The predicted octanol–water partition coefficient (Wildman–Crippen LogP) is 6.17. The normalized spacial score (nSPS) is 10.9. The standard InChI is InChI=1S/C24H22FN3O2/c1-17(2)22-9-8-20(15-23(22)25)30-24-11-13-28(27-24)16-18-14-21(10-12-26-18)29-19-6-4-3-5-7-19/h3-15,17H,16H2,1-2H3. The van der Waals surface area contributed by atoms with Crippen LogP contribution in [-0.2, 0) is 6.54 Å². The number of rotatable bonds is 7. The van der Waals surface area contributed by atoms with Crippen molar-refractivity contribution in [2.45, 2.75) is 26.3 Å². The van der Waals surface area contributed by atoms with E-state index >= 15 is 0 Å². The summed E-state index contributed by atoms with van der Waals surface area (Å²) in [6.07, 6.45) is 3.49. The third-order valence-corrected chi connectivity index (χ3v) is 4.52. The van der Waals surface area contributed by atoms with Crippen molar-refractivity contribution in [2.24, 2.45) is 0 Å². The molecule has 152 valence electrons. The molecule has 0 atom stereocenters. The van der Waals surface area contributed by atoms with E-state index < -0.39 is 0 Å². The highest BCUT2D eigenvalue weighted by Crippen LogP contribution is 2.26. The highest BCUT2D eigenvalue weighted by atomic mass is 19.1. The van der Waals surface area contributed by atoms with E-state index in [4.69, 9.17) is 9.47 Å². The van der Waals surface area contributed by atoms with E-state index in [0.717, 1.165) is 11.4 Å². The summed E-state index contributed by atoms with van der Waals surface area (Å²) in [7, 11) is 0. The minimum absolute atomic E-state index is 0.118. The van der Waals surface area contributed by atoms with Gasteiger partial charge in [-0.15, -0.1) is 5.10 Å². The fourth-order valence-electron chi connectivity index (χ4n) is 3.04. The SMILES string of the molecule is CC(C)c1ccc(Oc2ccn(Cc3cc(Oc4ccccc4)ccn3)n2)cc1F. The van der Waals surface area contributed by atoms with Gasteiger partial charge in [0, 0.05) is 30.6 Å². The molecule has 2 aromatic carbocycles. The molecule has 0 spiro atoms. The van der Waals surface area contributed by atoms with Gasteiger partial charge < -0.3 is 9.47 Å². The number of para-hydroxylation sites is 1. The molecule has 0 saturated heterocycles. The third kappa shape index (κ3) is 4.84. The zero-order valence-electron chi connectivity index (χ0n) is 16.8. The molecule has 0 saturated carbocycles. The second kappa shape index (κ2) is 8.78. The number of aromatic nitrogens is 3. The van der Waals surface area contributed by atoms with Gasteiger partial charge in [0.25, 0.3) is 0 Å². The van der Waals surface area contributed by atoms with E-state index in [0.29, 0.717) is 29.5 Å². The maximum atomic E-state index is 14.2. The van der Waals surface area contributed by atoms with Gasteiger partial charge in [-0.25, -0.2) is 4.39 Å². The van der Waals surface area contributed by atoms with Crippen LogP contribution in [0.15, 0.2) is 79.1 Å². The van der Waals surface area contributed by atoms with Crippen molar-refractivity contribution in [3.63, 3.8) is 0 Å². The Labute approximate surface area is 174 Å². The van der Waals surface area contributed by atoms with Crippen molar-refractivity contribution < 1.29 is 13.9 Å². The molecule has 0 aliphatic heterocycles. The molecule has 0 fully saturated rings. The van der Waals surface area contributed by atoms with Crippen molar-refractivity contribution in [3.05, 3.63) is 96.2 Å². The molecular formula is C24H22FN3O2. The second-order valence-electron chi connectivity index (χ2n) is 7.19. The lowest BCUT2D eigenvalue weighted by Crippen LogP contribution is -2.02. The Kier molecular flexibility index (Phi) is 5.75. The van der Waals surface area contributed by atoms with Gasteiger partial charge in [-0.1, -0.05) is 38.1 Å². The predicted molar refractivity (Wildman–Crippen MR) is 113 cm³/mol. The number of hydrogen-bond donors (Lipinski definition) is 0. The van der Waals surface area contributed by atoms with Crippen LogP contribution in [0.3, 0.4) is 0 Å². The molecular weight excluding hydrogens is 381 g/mol. The van der Waals surface area contributed by atoms with Crippen LogP contribution in [0.2, 0.25) is 0 Å². The number of hydrogen-bond acceptors (Lipinski definition) is 4. The first-order valence-electron chi connectivity index (χ1n) is 9.75. The molecule has 0 unspecified atom stereocenters. The minimum atomic E-state index is -0.277. The minimum Gasteiger partial charge on any atom is -0.457 e. The molecule has 5 nitrogen and oxygen atoms in total. The summed E-state index contributed by atoms with van der Waals surface area (Å²) < 4.78 is 27.4. The molecule has 2 aromatic heterocycles. The largest absolute Gasteiger partial charge is 0.457 e. The Balaban J connectivity index is 1.42. The van der Waals surface area contributed by atoms with Crippen LogP contribution < -0.4 is 9.47 Å². The monoisotopic (exact) mass is 403 g/mol. The number of benzene rings is 2. The summed E-state index contributed by atoms with van der Waals surface area (Å²) in [6.45, 7) is 4.36. The van der Waals surface area contributed by atoms with Crippen LogP contribution in [0.5, 0.6) is 23.1 Å². The van der Waals surface area contributed by atoms with Gasteiger partial charge in [0.15, 0.2) is 0 Å². The second-order valence-corrected chi connectivity index (χ2v) is 7.19. The lowest BCUT2D eigenvalue weighted by Gasteiger charge is -2.09. The van der Waals surface area contributed by atoms with Gasteiger partial charge in [0.2, 0.25) is 5.88 Å². The molecule has 0 aliphatic rings. The van der Waals surface area contributed by atoms with Crippen LogP contribution >= 0.6 is 0 Å². The lowest BCUT2D eigenvalue weighted by molar-refractivity contribution is 0.445. The summed E-state index contributed by atoms with van der Waals surface area (Å²) in [5.74, 6) is 2.12. The fourth-order valence-corrected chi connectivity index (χ4v) is 3.04. The lowest BCUT2D eigenvalue weighted by atomic mass is 10.0. The average Bonchev–Trinajstić information content (AvgIpc) is 3.15. The molecule has 4 rings (SSSR count). The van der Waals surface area contributed by atoms with Crippen LogP contribution in [0.4, 0.5) is 4.39 Å². The highest BCUT2D eigenvalue weighted by Gasteiger charge is 2.10. The van der Waals surface area contributed by atoms with Crippen LogP contribution in [0.25, 0.3) is 0 Å². The quantitative estimate of drug-likeness (QED) is 0.370. The molecule has 0 aliphatic carbocycles. The number of pyridine rings is 1. The summed E-state index contributed by atoms with van der Waals surface area (Å²) in [6, 6.07) is 19.9. The number of halogens is 1. The Morgan fingerprint density at radius 1 is 0.900 bits per heavy atom. The van der Waals surface area contributed by atoms with Crippen LogP contribution in [0, 0.1) is 5.82 Å². The van der Waals surface area contributed by atoms with E-state index in [-0.39, 0.29) is 11.7 Å². The average molecular weight is 403 g/mol. The zero-order chi connectivity index (χ0) is 20.9. The van der Waals surface area contributed by atoms with Gasteiger partial charge >= 0.3 is 0 Å². The Hall–Kier alpha value is -3.67. The third-order valence-electron chi connectivity index (χ3n) is 4.52. The smallest absolute Gasteiger partial charge is 0.238 e. The van der Waals surface area contributed by atoms with Crippen molar-refractivity contribution in [1.82, 2.24) is 14.8 Å². The molecule has 0 bridgehead atoms. The summed E-state index contributed by atoms with van der Waals surface area (Å²) in [5, 5.41) is 4.39. The van der Waals surface area contributed by atoms with Gasteiger partial charge in [-0.3, -0.25) is 9.67 Å². The summed E-state index contributed by atoms with van der Waals surface area (Å²) in [4.78, 5) is 4.38. The van der Waals surface area contributed by atoms with Gasteiger partial charge in [0.1, 0.15) is 23.1 Å². The number of nitrogens with zero attached hydrogens (tertiary/aromatic N) is 3. The van der Waals surface area contributed by atoms with Gasteiger partial charge in [-0.2, -0.15) is 0 Å². The first kappa shape index (κ1) is 19.6. The molecule has 30 heavy (non-hydrogen) atoms. The maximum Gasteiger partial charge on any atom is 0.238 e. The first-order chi connectivity index (χ1) is 14.6. The van der Waals surface area contributed by atoms with Gasteiger partial charge in [0.05, 0.1) is 12.2 Å². The van der Waals surface area contributed by atoms with Crippen molar-refractivity contribution in [2.75, 3.05) is 0 Å². The molecule has 4 aromatic rings. The number of ether oxygens (including phenoxy) is 2. The highest BCUT2D eigenvalue weighted by molar-refractivity contribution is 5.33. The van der Waals surface area contributed by atoms with E-state index in [9.17, 15) is 4.39 Å². The van der Waals surface area contributed by atoms with Crippen molar-refractivity contribution in [3.8, 4) is 23.1 Å². The van der Waals surface area contributed by atoms with Crippen LogP contribution in [-0.4, -0.2) is 14.8 Å². The van der Waals surface area contributed by atoms with Crippen molar-refractivity contribution >= 4 is 0 Å². The van der Waals surface area contributed by atoms with E-state index in [1.54, 1.807) is 35.3 Å². The molecule has 0 N–H and O–H groups in total. The maximum absolute atomic E-state index is 14.2. The Morgan fingerprint density at radius 3 is 2.47 bits per heavy atom. The fraction of sp³-hybridized carbons (Fsp3) is 0.167. The topological polar surface area (TPSA) is 49.2 Å². The Bertz CT molecular complexity index is 1130. The molecule has 2 heterocycles. The Morgan fingerprint density at radius 2 is 1.70 bits per heavy atom. The van der Waals surface area contributed by atoms with Crippen LogP contribution in [0.1, 0.15) is 31.0 Å². The summed E-state index contributed by atoms with van der Waals surface area (Å²) in [5.41, 5.74) is 1.46. The molecule has 6 heteroatoms. The molecule has 0 radical (unpaired) electrons. The van der Waals surface area contributed by atoms with E-state index in [1.165, 1.54) is 6.07 Å². The summed E-state index contributed by atoms with van der Waals surface area (Å²) >= 11 is 0. The van der Waals surface area contributed by atoms with Crippen molar-refractivity contribution in [1.29, 1.82) is 0 Å². The van der Waals surface area contributed by atoms with E-state index in [1.807, 2.05) is 56.3 Å². The zero-order valence-corrected chi connectivity index (χ0v) is 16.8. The van der Waals surface area contributed by atoms with E-state index in [2.05, 4.69) is 10.1 Å². The first-order valence-corrected chi connectivity index (χ1v) is 9.75. The molecule has 0 amide bonds.